The number of carbonyl (C=O) groups excluding carboxylic acids is 3. The number of nitrogens with zero attached hydrogens (tertiary/aromatic N) is 2. The van der Waals surface area contributed by atoms with Gasteiger partial charge in [-0.15, -0.1) is 0 Å². The molecular weight excluding hydrogens is 210 g/mol. The third kappa shape index (κ3) is 3.88. The first-order valence-electron chi connectivity index (χ1n) is 5.35. The maximum absolute atomic E-state index is 11.6. The number of hydrogen-bond donors (Lipinski definition) is 1. The fourth-order valence-corrected chi connectivity index (χ4v) is 1.49. The zero-order chi connectivity index (χ0) is 12.0. The predicted molar refractivity (Wildman–Crippen MR) is 57.9 cm³/mol. The standard InChI is InChI=1S/C10H17N3O3/c1-9(15)2-3-11-10(16)13-6-4-12(8-14)5-7-13/h8H,2-7H2,1H3,(H,11,16). The molecule has 0 unspecified atom stereocenters. The number of urea groups is 1. The van der Waals surface area contributed by atoms with Crippen molar-refractivity contribution in [1.82, 2.24) is 15.1 Å². The van der Waals surface area contributed by atoms with Crippen LogP contribution in [-0.4, -0.2) is 60.7 Å². The lowest BCUT2D eigenvalue weighted by Gasteiger charge is -2.32. The SMILES string of the molecule is CC(=O)CCNC(=O)N1CCN(C=O)CC1. The van der Waals surface area contributed by atoms with E-state index in [4.69, 9.17) is 0 Å². The molecule has 1 aliphatic rings. The highest BCUT2D eigenvalue weighted by atomic mass is 16.2. The quantitative estimate of drug-likeness (QED) is 0.655. The van der Waals surface area contributed by atoms with Gasteiger partial charge < -0.3 is 15.1 Å². The van der Waals surface area contributed by atoms with Gasteiger partial charge in [0.25, 0.3) is 0 Å². The molecule has 1 aliphatic heterocycles. The van der Waals surface area contributed by atoms with Crippen LogP contribution in [0.2, 0.25) is 0 Å². The molecule has 0 aliphatic carbocycles. The summed E-state index contributed by atoms with van der Waals surface area (Å²) in [6, 6.07) is -0.160. The Bertz CT molecular complexity index is 272. The zero-order valence-electron chi connectivity index (χ0n) is 9.44. The molecule has 0 radical (unpaired) electrons. The molecule has 0 atom stereocenters. The van der Waals surface area contributed by atoms with Crippen LogP contribution in [-0.2, 0) is 9.59 Å². The summed E-state index contributed by atoms with van der Waals surface area (Å²) in [4.78, 5) is 36.0. The van der Waals surface area contributed by atoms with E-state index >= 15 is 0 Å². The number of carbonyl (C=O) groups is 3. The van der Waals surface area contributed by atoms with E-state index in [2.05, 4.69) is 5.32 Å². The molecule has 3 amide bonds. The van der Waals surface area contributed by atoms with Crippen LogP contribution in [0.4, 0.5) is 4.79 Å². The van der Waals surface area contributed by atoms with Gasteiger partial charge in [-0.1, -0.05) is 0 Å². The highest BCUT2D eigenvalue weighted by molar-refractivity contribution is 5.78. The number of rotatable bonds is 4. The molecule has 0 bridgehead atoms. The molecule has 0 spiro atoms. The first kappa shape index (κ1) is 12.5. The molecule has 1 fully saturated rings. The molecule has 0 aromatic rings. The Morgan fingerprint density at radius 3 is 2.38 bits per heavy atom. The van der Waals surface area contributed by atoms with Gasteiger partial charge in [0.15, 0.2) is 0 Å². The van der Waals surface area contributed by atoms with E-state index in [1.165, 1.54) is 6.92 Å². The minimum Gasteiger partial charge on any atom is -0.342 e. The largest absolute Gasteiger partial charge is 0.342 e. The molecule has 90 valence electrons. The normalized spacial score (nSPS) is 15.8. The molecule has 6 heteroatoms. The Balaban J connectivity index is 2.22. The van der Waals surface area contributed by atoms with Crippen LogP contribution < -0.4 is 5.32 Å². The fourth-order valence-electron chi connectivity index (χ4n) is 1.49. The molecule has 1 heterocycles. The lowest BCUT2D eigenvalue weighted by atomic mass is 10.3. The summed E-state index contributed by atoms with van der Waals surface area (Å²) >= 11 is 0. The minimum atomic E-state index is -0.160. The Kier molecular flexibility index (Phi) is 4.75. The average Bonchev–Trinajstić information content (AvgIpc) is 2.28. The molecule has 1 saturated heterocycles. The number of hydrogen-bond acceptors (Lipinski definition) is 3. The second kappa shape index (κ2) is 6.09. The van der Waals surface area contributed by atoms with Crippen molar-refractivity contribution in [2.24, 2.45) is 0 Å². The molecule has 6 nitrogen and oxygen atoms in total. The van der Waals surface area contributed by atoms with Crippen molar-refractivity contribution in [1.29, 1.82) is 0 Å². The number of nitrogens with one attached hydrogen (secondary N) is 1. The number of piperazine rings is 1. The molecule has 0 aromatic carbocycles. The van der Waals surface area contributed by atoms with E-state index in [-0.39, 0.29) is 11.8 Å². The van der Waals surface area contributed by atoms with Gasteiger partial charge in [0, 0.05) is 39.1 Å². The van der Waals surface area contributed by atoms with Gasteiger partial charge in [-0.3, -0.25) is 9.59 Å². The van der Waals surface area contributed by atoms with E-state index in [0.29, 0.717) is 39.1 Å². The van der Waals surface area contributed by atoms with Crippen molar-refractivity contribution in [3.8, 4) is 0 Å². The lowest BCUT2D eigenvalue weighted by Crippen LogP contribution is -2.51. The van der Waals surface area contributed by atoms with E-state index < -0.39 is 0 Å². The Labute approximate surface area is 94.6 Å². The highest BCUT2D eigenvalue weighted by Gasteiger charge is 2.19. The second-order valence-corrected chi connectivity index (χ2v) is 3.81. The van der Waals surface area contributed by atoms with Gasteiger partial charge in [0.2, 0.25) is 6.41 Å². The van der Waals surface area contributed by atoms with Gasteiger partial charge >= 0.3 is 6.03 Å². The minimum absolute atomic E-state index is 0.0612. The summed E-state index contributed by atoms with van der Waals surface area (Å²) in [6.45, 7) is 4.11. The van der Waals surface area contributed by atoms with Crippen molar-refractivity contribution in [2.75, 3.05) is 32.7 Å². The summed E-state index contributed by atoms with van der Waals surface area (Å²) in [5, 5.41) is 2.68. The van der Waals surface area contributed by atoms with Crippen molar-refractivity contribution < 1.29 is 14.4 Å². The van der Waals surface area contributed by atoms with Crippen molar-refractivity contribution in [3.63, 3.8) is 0 Å². The van der Waals surface area contributed by atoms with E-state index in [0.717, 1.165) is 6.41 Å². The summed E-state index contributed by atoms with van der Waals surface area (Å²) in [5.74, 6) is 0.0612. The maximum Gasteiger partial charge on any atom is 0.317 e. The Morgan fingerprint density at radius 1 is 1.25 bits per heavy atom. The lowest BCUT2D eigenvalue weighted by molar-refractivity contribution is -0.119. The number of amides is 3. The Hall–Kier alpha value is -1.59. The average molecular weight is 227 g/mol. The Morgan fingerprint density at radius 2 is 1.88 bits per heavy atom. The molecule has 0 aromatic heterocycles. The predicted octanol–water partition coefficient (Wildman–Crippen LogP) is -0.551. The van der Waals surface area contributed by atoms with E-state index in [1.807, 2.05) is 0 Å². The van der Waals surface area contributed by atoms with Crippen molar-refractivity contribution >= 4 is 18.2 Å². The van der Waals surface area contributed by atoms with Gasteiger partial charge in [-0.2, -0.15) is 0 Å². The van der Waals surface area contributed by atoms with Crippen LogP contribution in [0.25, 0.3) is 0 Å². The van der Waals surface area contributed by atoms with E-state index in [9.17, 15) is 14.4 Å². The van der Waals surface area contributed by atoms with E-state index in [1.54, 1.807) is 9.80 Å². The third-order valence-corrected chi connectivity index (χ3v) is 2.50. The molecule has 1 N–H and O–H groups in total. The van der Waals surface area contributed by atoms with Crippen LogP contribution in [0, 0.1) is 0 Å². The van der Waals surface area contributed by atoms with Gasteiger partial charge in [-0.25, -0.2) is 4.79 Å². The fraction of sp³-hybridized carbons (Fsp3) is 0.700. The maximum atomic E-state index is 11.6. The first-order valence-corrected chi connectivity index (χ1v) is 5.35. The monoisotopic (exact) mass is 227 g/mol. The number of Topliss-reactive ketones (excluding diaryl/α,β-unsaturated/α-hetero) is 1. The van der Waals surface area contributed by atoms with Crippen LogP contribution in [0.1, 0.15) is 13.3 Å². The summed E-state index contributed by atoms with van der Waals surface area (Å²) in [7, 11) is 0. The zero-order valence-corrected chi connectivity index (χ0v) is 9.44. The highest BCUT2D eigenvalue weighted by Crippen LogP contribution is 1.99. The third-order valence-electron chi connectivity index (χ3n) is 2.50. The van der Waals surface area contributed by atoms with Crippen LogP contribution in [0.5, 0.6) is 0 Å². The van der Waals surface area contributed by atoms with Crippen LogP contribution in [0.3, 0.4) is 0 Å². The van der Waals surface area contributed by atoms with Crippen molar-refractivity contribution in [2.45, 2.75) is 13.3 Å². The number of ketones is 1. The van der Waals surface area contributed by atoms with Gasteiger partial charge in [0.05, 0.1) is 0 Å². The summed E-state index contributed by atoms with van der Waals surface area (Å²) in [6.07, 6.45) is 1.16. The first-order chi connectivity index (χ1) is 7.63. The molecule has 0 saturated carbocycles. The summed E-state index contributed by atoms with van der Waals surface area (Å²) < 4.78 is 0. The molecule has 16 heavy (non-hydrogen) atoms. The molecular formula is C10H17N3O3. The smallest absolute Gasteiger partial charge is 0.317 e. The topological polar surface area (TPSA) is 69.7 Å². The van der Waals surface area contributed by atoms with Gasteiger partial charge in [-0.05, 0) is 6.92 Å². The van der Waals surface area contributed by atoms with Crippen molar-refractivity contribution in [3.05, 3.63) is 0 Å². The van der Waals surface area contributed by atoms with Crippen LogP contribution in [0.15, 0.2) is 0 Å². The summed E-state index contributed by atoms with van der Waals surface area (Å²) in [5.41, 5.74) is 0. The molecule has 1 rings (SSSR count). The van der Waals surface area contributed by atoms with Gasteiger partial charge in [0.1, 0.15) is 5.78 Å². The second-order valence-electron chi connectivity index (χ2n) is 3.81. The van der Waals surface area contributed by atoms with Crippen LogP contribution >= 0.6 is 0 Å².